The highest BCUT2D eigenvalue weighted by Crippen LogP contribution is 2.27. The maximum Gasteiger partial charge on any atom is 0.0409 e. The summed E-state index contributed by atoms with van der Waals surface area (Å²) < 4.78 is 0. The predicted octanol–water partition coefficient (Wildman–Crippen LogP) is 3.47. The summed E-state index contributed by atoms with van der Waals surface area (Å²) >= 11 is 6.10. The fourth-order valence-corrected chi connectivity index (χ4v) is 2.99. The molecule has 1 saturated heterocycles. The zero-order valence-electron chi connectivity index (χ0n) is 11.5. The summed E-state index contributed by atoms with van der Waals surface area (Å²) in [6.45, 7) is 8.99. The molecule has 3 atom stereocenters. The molecule has 1 aliphatic heterocycles. The Morgan fingerprint density at radius 3 is 2.94 bits per heavy atom. The van der Waals surface area contributed by atoms with Gasteiger partial charge in [-0.1, -0.05) is 30.7 Å². The molecule has 0 aromatic heterocycles. The van der Waals surface area contributed by atoms with Gasteiger partial charge in [-0.15, -0.1) is 0 Å². The average Bonchev–Trinajstić information content (AvgIpc) is 2.38. The lowest BCUT2D eigenvalue weighted by atomic mass is 10.0. The Labute approximate surface area is 115 Å². The molecule has 0 amide bonds. The molecule has 1 aromatic rings. The lowest BCUT2D eigenvalue weighted by molar-refractivity contribution is 0.0905. The molecule has 2 nitrogen and oxygen atoms in total. The van der Waals surface area contributed by atoms with E-state index >= 15 is 0 Å². The molecule has 100 valence electrons. The quantitative estimate of drug-likeness (QED) is 0.901. The van der Waals surface area contributed by atoms with Crippen LogP contribution < -0.4 is 5.32 Å². The highest BCUT2D eigenvalue weighted by Gasteiger charge is 2.28. The summed E-state index contributed by atoms with van der Waals surface area (Å²) in [5.74, 6) is 0. The number of halogens is 1. The van der Waals surface area contributed by atoms with Crippen LogP contribution in [-0.2, 0) is 0 Å². The van der Waals surface area contributed by atoms with Crippen molar-refractivity contribution in [2.75, 3.05) is 13.1 Å². The van der Waals surface area contributed by atoms with Gasteiger partial charge in [0.2, 0.25) is 0 Å². The van der Waals surface area contributed by atoms with Crippen LogP contribution in [0, 0.1) is 0 Å². The van der Waals surface area contributed by atoms with Crippen molar-refractivity contribution < 1.29 is 0 Å². The molecule has 3 heteroatoms. The van der Waals surface area contributed by atoms with Crippen LogP contribution in [0.3, 0.4) is 0 Å². The van der Waals surface area contributed by atoms with E-state index < -0.39 is 0 Å². The Kier molecular flexibility index (Phi) is 4.66. The van der Waals surface area contributed by atoms with E-state index in [0.717, 1.165) is 18.1 Å². The summed E-state index contributed by atoms with van der Waals surface area (Å²) in [5.41, 5.74) is 1.31. The van der Waals surface area contributed by atoms with Crippen LogP contribution in [0.4, 0.5) is 0 Å². The van der Waals surface area contributed by atoms with E-state index in [1.807, 2.05) is 12.1 Å². The maximum atomic E-state index is 6.10. The van der Waals surface area contributed by atoms with Crippen molar-refractivity contribution in [1.29, 1.82) is 0 Å². The lowest BCUT2D eigenvalue weighted by Crippen LogP contribution is -2.55. The average molecular weight is 267 g/mol. The van der Waals surface area contributed by atoms with Crippen LogP contribution in [0.2, 0.25) is 5.02 Å². The first-order valence-corrected chi connectivity index (χ1v) is 7.24. The molecule has 0 saturated carbocycles. The molecule has 0 bridgehead atoms. The Morgan fingerprint density at radius 1 is 1.50 bits per heavy atom. The van der Waals surface area contributed by atoms with Crippen LogP contribution in [0.5, 0.6) is 0 Å². The molecule has 1 N–H and O–H groups in total. The van der Waals surface area contributed by atoms with E-state index in [4.69, 9.17) is 11.6 Å². The van der Waals surface area contributed by atoms with E-state index in [0.29, 0.717) is 18.1 Å². The molecule has 1 fully saturated rings. The first-order chi connectivity index (χ1) is 8.61. The Morgan fingerprint density at radius 2 is 2.28 bits per heavy atom. The number of hydrogen-bond acceptors (Lipinski definition) is 2. The zero-order valence-corrected chi connectivity index (χ0v) is 12.2. The maximum absolute atomic E-state index is 6.10. The fraction of sp³-hybridized carbons (Fsp3) is 0.600. The van der Waals surface area contributed by atoms with Crippen molar-refractivity contribution in [2.45, 2.75) is 45.3 Å². The molecular weight excluding hydrogens is 244 g/mol. The normalized spacial score (nSPS) is 27.1. The van der Waals surface area contributed by atoms with Crippen LogP contribution in [0.15, 0.2) is 24.3 Å². The third-order valence-electron chi connectivity index (χ3n) is 3.96. The number of piperazine rings is 1. The number of nitrogens with zero attached hydrogens (tertiary/aromatic N) is 1. The van der Waals surface area contributed by atoms with Crippen molar-refractivity contribution in [3.8, 4) is 0 Å². The minimum atomic E-state index is 0.429. The van der Waals surface area contributed by atoms with Gasteiger partial charge < -0.3 is 5.32 Å². The zero-order chi connectivity index (χ0) is 13.1. The first kappa shape index (κ1) is 13.9. The second-order valence-corrected chi connectivity index (χ2v) is 5.74. The smallest absolute Gasteiger partial charge is 0.0409 e. The van der Waals surface area contributed by atoms with Gasteiger partial charge in [-0.2, -0.15) is 0 Å². The second kappa shape index (κ2) is 6.05. The van der Waals surface area contributed by atoms with Gasteiger partial charge in [0.15, 0.2) is 0 Å². The van der Waals surface area contributed by atoms with Gasteiger partial charge in [-0.3, -0.25) is 4.90 Å². The molecule has 1 aromatic carbocycles. The van der Waals surface area contributed by atoms with E-state index in [2.05, 4.69) is 43.1 Å². The van der Waals surface area contributed by atoms with E-state index in [1.54, 1.807) is 0 Å². The van der Waals surface area contributed by atoms with Crippen molar-refractivity contribution >= 4 is 11.6 Å². The monoisotopic (exact) mass is 266 g/mol. The van der Waals surface area contributed by atoms with E-state index in [1.165, 1.54) is 12.0 Å². The first-order valence-electron chi connectivity index (χ1n) is 6.86. The van der Waals surface area contributed by atoms with Gasteiger partial charge in [0.1, 0.15) is 0 Å². The standard InChI is InChI=1S/C15H23ClN2/c1-4-15-9-17-11(2)10-18(15)12(3)13-6-5-7-14(16)8-13/h5-8,11-12,15,17H,4,9-10H2,1-3H3. The van der Waals surface area contributed by atoms with Gasteiger partial charge in [0.05, 0.1) is 0 Å². The largest absolute Gasteiger partial charge is 0.311 e. The summed E-state index contributed by atoms with van der Waals surface area (Å²) in [4.78, 5) is 2.60. The molecule has 0 radical (unpaired) electrons. The molecule has 2 rings (SSSR count). The van der Waals surface area contributed by atoms with Gasteiger partial charge in [-0.05, 0) is 38.0 Å². The highest BCUT2D eigenvalue weighted by molar-refractivity contribution is 6.30. The molecular formula is C15H23ClN2. The van der Waals surface area contributed by atoms with Crippen molar-refractivity contribution in [3.63, 3.8) is 0 Å². The number of hydrogen-bond donors (Lipinski definition) is 1. The third kappa shape index (κ3) is 3.05. The van der Waals surface area contributed by atoms with Gasteiger partial charge in [0.25, 0.3) is 0 Å². The SMILES string of the molecule is CCC1CNC(C)CN1C(C)c1cccc(Cl)c1. The Hall–Kier alpha value is -0.570. The van der Waals surface area contributed by atoms with Gasteiger partial charge in [-0.25, -0.2) is 0 Å². The molecule has 1 aliphatic rings. The molecule has 3 unspecified atom stereocenters. The minimum absolute atomic E-state index is 0.429. The fourth-order valence-electron chi connectivity index (χ4n) is 2.80. The predicted molar refractivity (Wildman–Crippen MR) is 78.1 cm³/mol. The summed E-state index contributed by atoms with van der Waals surface area (Å²) in [6.07, 6.45) is 1.19. The number of rotatable bonds is 3. The molecule has 0 aliphatic carbocycles. The lowest BCUT2D eigenvalue weighted by Gasteiger charge is -2.42. The summed E-state index contributed by atoms with van der Waals surface area (Å²) in [7, 11) is 0. The van der Waals surface area contributed by atoms with Crippen LogP contribution in [-0.4, -0.2) is 30.1 Å². The molecule has 0 spiro atoms. The topological polar surface area (TPSA) is 15.3 Å². The Bertz CT molecular complexity index is 394. The van der Waals surface area contributed by atoms with Crippen LogP contribution in [0.25, 0.3) is 0 Å². The van der Waals surface area contributed by atoms with Gasteiger partial charge >= 0.3 is 0 Å². The number of nitrogens with one attached hydrogen (secondary N) is 1. The van der Waals surface area contributed by atoms with E-state index in [-0.39, 0.29) is 0 Å². The second-order valence-electron chi connectivity index (χ2n) is 5.30. The van der Waals surface area contributed by atoms with Crippen molar-refractivity contribution in [3.05, 3.63) is 34.9 Å². The molecule has 1 heterocycles. The van der Waals surface area contributed by atoms with Crippen LogP contribution >= 0.6 is 11.6 Å². The van der Waals surface area contributed by atoms with E-state index in [9.17, 15) is 0 Å². The van der Waals surface area contributed by atoms with Crippen molar-refractivity contribution in [2.24, 2.45) is 0 Å². The third-order valence-corrected chi connectivity index (χ3v) is 4.19. The van der Waals surface area contributed by atoms with Crippen LogP contribution in [0.1, 0.15) is 38.8 Å². The molecule has 18 heavy (non-hydrogen) atoms. The minimum Gasteiger partial charge on any atom is -0.311 e. The van der Waals surface area contributed by atoms with Crippen molar-refractivity contribution in [1.82, 2.24) is 10.2 Å². The highest BCUT2D eigenvalue weighted by atomic mass is 35.5. The number of benzene rings is 1. The van der Waals surface area contributed by atoms with Gasteiger partial charge in [0, 0.05) is 36.2 Å². The summed E-state index contributed by atoms with van der Waals surface area (Å²) in [6, 6.07) is 9.86. The Balaban J connectivity index is 2.17. The summed E-state index contributed by atoms with van der Waals surface area (Å²) in [5, 5.41) is 4.39.